The number of rotatable bonds is 1. The van der Waals surface area contributed by atoms with Crippen molar-refractivity contribution in [3.8, 4) is 6.07 Å². The number of hydrogen-bond acceptors (Lipinski definition) is 3. The fraction of sp³-hybridized carbons (Fsp3) is 0.429. The number of nitrogens with one attached hydrogen (secondary N) is 1. The minimum absolute atomic E-state index is 0.291. The van der Waals surface area contributed by atoms with E-state index in [1.54, 1.807) is 6.20 Å². The van der Waals surface area contributed by atoms with Crippen LogP contribution >= 0.6 is 11.6 Å². The van der Waals surface area contributed by atoms with Crippen molar-refractivity contribution >= 4 is 17.2 Å². The Morgan fingerprint density at radius 2 is 2.39 bits per heavy atom. The molecule has 0 unspecified atom stereocenters. The number of nitrogens with zero attached hydrogens (tertiary/aromatic N) is 2. The Hall–Kier alpha value is -1.37. The van der Waals surface area contributed by atoms with Crippen molar-refractivity contribution in [2.75, 3.05) is 13.1 Å². The fourth-order valence-corrected chi connectivity index (χ4v) is 3.06. The number of aromatic nitrogens is 1. The maximum absolute atomic E-state index is 8.99. The lowest BCUT2D eigenvalue weighted by Crippen LogP contribution is -2.33. The Bertz CT molecular complexity index is 544. The molecule has 92 valence electrons. The van der Waals surface area contributed by atoms with Crippen LogP contribution in [0.3, 0.4) is 0 Å². The zero-order valence-electron chi connectivity index (χ0n) is 9.99. The highest BCUT2D eigenvalue weighted by Gasteiger charge is 2.30. The molecular weight excluding hydrogens is 246 g/mol. The van der Waals surface area contributed by atoms with E-state index in [-0.39, 0.29) is 0 Å². The van der Waals surface area contributed by atoms with E-state index in [1.165, 1.54) is 12.0 Å². The third kappa shape index (κ3) is 2.03. The molecule has 0 saturated carbocycles. The molecule has 0 aromatic carbocycles. The summed E-state index contributed by atoms with van der Waals surface area (Å²) < 4.78 is 0. The molecule has 3 nitrogen and oxygen atoms in total. The summed E-state index contributed by atoms with van der Waals surface area (Å²) in [4.78, 5) is 4.10. The van der Waals surface area contributed by atoms with Gasteiger partial charge in [0, 0.05) is 12.7 Å². The van der Waals surface area contributed by atoms with Gasteiger partial charge in [-0.3, -0.25) is 0 Å². The van der Waals surface area contributed by atoms with Crippen molar-refractivity contribution < 1.29 is 0 Å². The van der Waals surface area contributed by atoms with Gasteiger partial charge in [0.15, 0.2) is 0 Å². The molecule has 1 fully saturated rings. The zero-order valence-corrected chi connectivity index (χ0v) is 10.7. The smallest absolute Gasteiger partial charge is 0.146 e. The topological polar surface area (TPSA) is 48.7 Å². The third-order valence-corrected chi connectivity index (χ3v) is 4.21. The van der Waals surface area contributed by atoms with Gasteiger partial charge in [0.2, 0.25) is 0 Å². The first kappa shape index (κ1) is 11.7. The second-order valence-corrected chi connectivity index (χ2v) is 5.34. The van der Waals surface area contributed by atoms with Gasteiger partial charge in [-0.2, -0.15) is 5.26 Å². The van der Waals surface area contributed by atoms with Gasteiger partial charge in [0.05, 0.1) is 5.56 Å². The van der Waals surface area contributed by atoms with Gasteiger partial charge in [-0.1, -0.05) is 17.7 Å². The lowest BCUT2D eigenvalue weighted by Gasteiger charge is -2.25. The van der Waals surface area contributed by atoms with E-state index in [2.05, 4.69) is 22.4 Å². The normalized spacial score (nSPS) is 26.3. The lowest BCUT2D eigenvalue weighted by atomic mass is 9.89. The van der Waals surface area contributed by atoms with Gasteiger partial charge in [-0.25, -0.2) is 4.98 Å². The first-order chi connectivity index (χ1) is 8.78. The summed E-state index contributed by atoms with van der Waals surface area (Å²) in [7, 11) is 0. The average molecular weight is 260 g/mol. The van der Waals surface area contributed by atoms with Crippen molar-refractivity contribution in [2.45, 2.75) is 12.8 Å². The van der Waals surface area contributed by atoms with E-state index in [9.17, 15) is 0 Å². The summed E-state index contributed by atoms with van der Waals surface area (Å²) in [6.07, 6.45) is 6.44. The molecule has 18 heavy (non-hydrogen) atoms. The van der Waals surface area contributed by atoms with Crippen LogP contribution in [0.25, 0.3) is 5.57 Å². The van der Waals surface area contributed by atoms with Crippen LogP contribution in [0, 0.1) is 23.2 Å². The summed E-state index contributed by atoms with van der Waals surface area (Å²) in [6, 6.07) is 3.94. The summed E-state index contributed by atoms with van der Waals surface area (Å²) >= 11 is 5.86. The van der Waals surface area contributed by atoms with Gasteiger partial charge in [0.1, 0.15) is 11.2 Å². The molecule has 0 amide bonds. The van der Waals surface area contributed by atoms with Crippen LogP contribution in [-0.4, -0.2) is 18.1 Å². The van der Waals surface area contributed by atoms with Crippen LogP contribution in [0.2, 0.25) is 5.15 Å². The second-order valence-electron chi connectivity index (χ2n) is 4.99. The number of nitriles is 1. The minimum Gasteiger partial charge on any atom is -0.316 e. The third-order valence-electron chi connectivity index (χ3n) is 3.91. The number of fused-ring (bicyclic) bond motifs is 1. The van der Waals surface area contributed by atoms with Crippen molar-refractivity contribution in [3.05, 3.63) is 34.6 Å². The Kier molecular flexibility index (Phi) is 3.07. The molecule has 1 aromatic heterocycles. The first-order valence-corrected chi connectivity index (χ1v) is 6.63. The molecule has 1 saturated heterocycles. The lowest BCUT2D eigenvalue weighted by molar-refractivity contribution is 0.323. The molecule has 1 aromatic rings. The Labute approximate surface area is 111 Å². The minimum atomic E-state index is 0.291. The van der Waals surface area contributed by atoms with Crippen LogP contribution in [0.4, 0.5) is 0 Å². The number of hydrogen-bond donors (Lipinski definition) is 1. The van der Waals surface area contributed by atoms with Crippen LogP contribution in [0.1, 0.15) is 24.0 Å². The molecule has 0 spiro atoms. The molecule has 0 radical (unpaired) electrons. The summed E-state index contributed by atoms with van der Waals surface area (Å²) in [5.41, 5.74) is 2.82. The van der Waals surface area contributed by atoms with Crippen molar-refractivity contribution in [1.29, 1.82) is 5.26 Å². The molecule has 2 heterocycles. The van der Waals surface area contributed by atoms with Crippen molar-refractivity contribution in [1.82, 2.24) is 10.3 Å². The summed E-state index contributed by atoms with van der Waals surface area (Å²) in [5, 5.41) is 12.7. The molecule has 1 aliphatic heterocycles. The molecule has 1 N–H and O–H groups in total. The Morgan fingerprint density at radius 3 is 3.17 bits per heavy atom. The molecular formula is C14H14ClN3. The van der Waals surface area contributed by atoms with Crippen LogP contribution < -0.4 is 5.32 Å². The van der Waals surface area contributed by atoms with E-state index >= 15 is 0 Å². The van der Waals surface area contributed by atoms with E-state index in [4.69, 9.17) is 16.9 Å². The van der Waals surface area contributed by atoms with Gasteiger partial charge in [-0.05, 0) is 48.4 Å². The van der Waals surface area contributed by atoms with Gasteiger partial charge in [0.25, 0.3) is 0 Å². The zero-order chi connectivity index (χ0) is 12.5. The number of pyridine rings is 1. The quantitative estimate of drug-likeness (QED) is 0.789. The molecule has 1 aliphatic carbocycles. The SMILES string of the molecule is N#Cc1cc(C2=C[C@@H]3CNCC[C@@H]3C2)cnc1Cl. The highest BCUT2D eigenvalue weighted by molar-refractivity contribution is 6.30. The molecule has 4 heteroatoms. The maximum Gasteiger partial charge on any atom is 0.146 e. The monoisotopic (exact) mass is 259 g/mol. The first-order valence-electron chi connectivity index (χ1n) is 6.25. The average Bonchev–Trinajstić information content (AvgIpc) is 2.83. The number of allylic oxidation sites excluding steroid dienone is 1. The van der Waals surface area contributed by atoms with Crippen LogP contribution in [0.5, 0.6) is 0 Å². The van der Waals surface area contributed by atoms with E-state index in [0.29, 0.717) is 16.6 Å². The van der Waals surface area contributed by atoms with Crippen LogP contribution in [-0.2, 0) is 0 Å². The molecule has 0 bridgehead atoms. The highest BCUT2D eigenvalue weighted by atomic mass is 35.5. The Balaban J connectivity index is 1.90. The fourth-order valence-electron chi connectivity index (χ4n) is 2.91. The predicted molar refractivity (Wildman–Crippen MR) is 71.0 cm³/mol. The molecule has 2 aliphatic rings. The second kappa shape index (κ2) is 4.72. The van der Waals surface area contributed by atoms with Gasteiger partial charge in [-0.15, -0.1) is 0 Å². The molecule has 3 rings (SSSR count). The van der Waals surface area contributed by atoms with Gasteiger partial charge >= 0.3 is 0 Å². The maximum atomic E-state index is 8.99. The highest BCUT2D eigenvalue weighted by Crippen LogP contribution is 2.39. The predicted octanol–water partition coefficient (Wildman–Crippen LogP) is 2.62. The van der Waals surface area contributed by atoms with Gasteiger partial charge < -0.3 is 5.32 Å². The number of halogens is 1. The van der Waals surface area contributed by atoms with E-state index in [0.717, 1.165) is 31.0 Å². The summed E-state index contributed by atoms with van der Waals surface area (Å²) in [6.45, 7) is 2.19. The largest absolute Gasteiger partial charge is 0.316 e. The van der Waals surface area contributed by atoms with E-state index in [1.807, 2.05) is 6.07 Å². The van der Waals surface area contributed by atoms with Crippen molar-refractivity contribution in [2.24, 2.45) is 11.8 Å². The van der Waals surface area contributed by atoms with Crippen molar-refractivity contribution in [3.63, 3.8) is 0 Å². The molecule has 2 atom stereocenters. The van der Waals surface area contributed by atoms with E-state index < -0.39 is 0 Å². The standard InChI is InChI=1S/C14H14ClN3/c15-14-11(6-16)5-13(8-18-14)10-3-9-1-2-17-7-12(9)4-10/h4-5,8-9,12,17H,1-3,7H2/t9-,12-/m1/s1. The number of piperidine rings is 1. The van der Waals surface area contributed by atoms with Crippen LogP contribution in [0.15, 0.2) is 18.3 Å². The summed E-state index contributed by atoms with van der Waals surface area (Å²) in [5.74, 6) is 1.39. The Morgan fingerprint density at radius 1 is 1.50 bits per heavy atom.